The normalized spacial score (nSPS) is 12.6. The summed E-state index contributed by atoms with van der Waals surface area (Å²) >= 11 is 0. The average Bonchev–Trinajstić information content (AvgIpc) is 2.85. The van der Waals surface area contributed by atoms with Gasteiger partial charge in [-0.2, -0.15) is 13.2 Å². The Hall–Kier alpha value is -2.10. The Balaban J connectivity index is 2.15. The fourth-order valence-corrected chi connectivity index (χ4v) is 2.77. The van der Waals surface area contributed by atoms with Crippen LogP contribution >= 0.6 is 0 Å². The summed E-state index contributed by atoms with van der Waals surface area (Å²) in [5, 5.41) is 7.20. The van der Waals surface area contributed by atoms with E-state index in [9.17, 15) is 21.6 Å². The van der Waals surface area contributed by atoms with Crippen molar-refractivity contribution >= 4 is 16.0 Å². The summed E-state index contributed by atoms with van der Waals surface area (Å²) in [5.74, 6) is -0.470. The zero-order valence-corrected chi connectivity index (χ0v) is 13.1. The van der Waals surface area contributed by atoms with Gasteiger partial charge in [-0.3, -0.25) is 0 Å². The van der Waals surface area contributed by atoms with E-state index < -0.39 is 27.5 Å². The van der Waals surface area contributed by atoms with Crippen LogP contribution in [-0.2, 0) is 22.0 Å². The van der Waals surface area contributed by atoms with Crippen molar-refractivity contribution in [3.63, 3.8) is 0 Å². The van der Waals surface area contributed by atoms with Gasteiger partial charge in [-0.1, -0.05) is 37.1 Å². The van der Waals surface area contributed by atoms with Crippen molar-refractivity contribution in [2.75, 3.05) is 4.72 Å². The first-order chi connectivity index (χ1) is 10.6. The number of halogens is 3. The summed E-state index contributed by atoms with van der Waals surface area (Å²) in [7, 11) is -3.98. The number of sulfonamides is 1. The molecule has 126 valence electrons. The lowest BCUT2D eigenvalue weighted by molar-refractivity contribution is -0.137. The topological polar surface area (TPSA) is 85.1 Å². The van der Waals surface area contributed by atoms with Crippen molar-refractivity contribution in [3.05, 3.63) is 41.3 Å². The molecule has 1 heterocycles. The summed E-state index contributed by atoms with van der Waals surface area (Å²) in [4.78, 5) is 0. The Labute approximate surface area is 130 Å². The van der Waals surface area contributed by atoms with Crippen LogP contribution < -0.4 is 4.72 Å². The van der Waals surface area contributed by atoms with Gasteiger partial charge in [-0.25, -0.2) is 13.1 Å². The Morgan fingerprint density at radius 2 is 1.96 bits per heavy atom. The maximum absolute atomic E-state index is 12.6. The van der Waals surface area contributed by atoms with Gasteiger partial charge < -0.3 is 4.42 Å². The minimum Gasteiger partial charge on any atom is -0.407 e. The van der Waals surface area contributed by atoms with Crippen molar-refractivity contribution in [1.82, 2.24) is 10.2 Å². The molecule has 0 saturated carbocycles. The molecule has 0 radical (unpaired) electrons. The van der Waals surface area contributed by atoms with E-state index in [-0.39, 0.29) is 23.4 Å². The van der Waals surface area contributed by atoms with Crippen LogP contribution in [0.4, 0.5) is 19.2 Å². The van der Waals surface area contributed by atoms with Gasteiger partial charge in [0.1, 0.15) is 0 Å². The zero-order valence-electron chi connectivity index (χ0n) is 12.3. The van der Waals surface area contributed by atoms with Crippen LogP contribution in [0.3, 0.4) is 0 Å². The van der Waals surface area contributed by atoms with Gasteiger partial charge in [0, 0.05) is 5.92 Å². The summed E-state index contributed by atoms with van der Waals surface area (Å²) in [6.45, 7) is 3.57. The molecule has 10 heteroatoms. The van der Waals surface area contributed by atoms with Gasteiger partial charge in [-0.15, -0.1) is 5.10 Å². The maximum Gasteiger partial charge on any atom is 0.416 e. The maximum atomic E-state index is 12.6. The lowest BCUT2D eigenvalue weighted by atomic mass is 10.1. The van der Waals surface area contributed by atoms with E-state index in [2.05, 4.69) is 14.9 Å². The standard InChI is InChI=1S/C13H14F3N3O3S/c1-8(2)11-17-18-12(22-11)19-23(20,21)7-9-4-3-5-10(6-9)13(14,15)16/h3-6,8H,7H2,1-2H3,(H,18,19). The third-order valence-corrected chi connectivity index (χ3v) is 3.99. The highest BCUT2D eigenvalue weighted by Crippen LogP contribution is 2.30. The zero-order chi connectivity index (χ0) is 17.3. The Morgan fingerprint density at radius 3 is 2.52 bits per heavy atom. The van der Waals surface area contributed by atoms with E-state index in [4.69, 9.17) is 4.42 Å². The minimum absolute atomic E-state index is 0.00377. The van der Waals surface area contributed by atoms with Crippen LogP contribution in [0.25, 0.3) is 0 Å². The SMILES string of the molecule is CC(C)c1nnc(NS(=O)(=O)Cc2cccc(C(F)(F)F)c2)o1. The number of hydrogen-bond donors (Lipinski definition) is 1. The first-order valence-corrected chi connectivity index (χ1v) is 8.22. The van der Waals surface area contributed by atoms with Gasteiger partial charge in [0.25, 0.3) is 0 Å². The fraction of sp³-hybridized carbons (Fsp3) is 0.385. The molecule has 2 aromatic rings. The number of rotatable bonds is 5. The summed E-state index contributed by atoms with van der Waals surface area (Å²) in [5.41, 5.74) is -0.916. The third kappa shape index (κ3) is 4.68. The quantitative estimate of drug-likeness (QED) is 0.896. The van der Waals surface area contributed by atoms with Crippen molar-refractivity contribution < 1.29 is 26.0 Å². The molecule has 0 saturated heterocycles. The first kappa shape index (κ1) is 17.3. The van der Waals surface area contributed by atoms with E-state index in [0.717, 1.165) is 18.2 Å². The molecule has 0 aliphatic carbocycles. The highest BCUT2D eigenvalue weighted by atomic mass is 32.2. The molecule has 0 amide bonds. The van der Waals surface area contributed by atoms with Crippen LogP contribution in [0.1, 0.15) is 36.8 Å². The molecular formula is C13H14F3N3O3S. The molecule has 0 aliphatic rings. The molecule has 0 aliphatic heterocycles. The number of anilines is 1. The van der Waals surface area contributed by atoms with Crippen molar-refractivity contribution in [2.45, 2.75) is 31.7 Å². The molecule has 1 N–H and O–H groups in total. The lowest BCUT2D eigenvalue weighted by Crippen LogP contribution is -2.16. The second-order valence-corrected chi connectivity index (χ2v) is 6.88. The van der Waals surface area contributed by atoms with E-state index >= 15 is 0 Å². The van der Waals surface area contributed by atoms with Crippen LogP contribution in [0.5, 0.6) is 0 Å². The van der Waals surface area contributed by atoms with Crippen molar-refractivity contribution in [1.29, 1.82) is 0 Å². The molecule has 0 spiro atoms. The molecule has 1 aromatic heterocycles. The Bertz CT molecular complexity index is 785. The number of aromatic nitrogens is 2. The van der Waals surface area contributed by atoms with Crippen molar-refractivity contribution in [3.8, 4) is 0 Å². The predicted octanol–water partition coefficient (Wildman–Crippen LogP) is 3.15. The van der Waals surface area contributed by atoms with E-state index in [0.29, 0.717) is 0 Å². The van der Waals surface area contributed by atoms with E-state index in [1.54, 1.807) is 13.8 Å². The molecule has 1 aromatic carbocycles. The number of alkyl halides is 3. The van der Waals surface area contributed by atoms with Crippen LogP contribution in [0.15, 0.2) is 28.7 Å². The second kappa shape index (κ2) is 6.19. The van der Waals surface area contributed by atoms with Gasteiger partial charge in [-0.05, 0) is 11.6 Å². The highest BCUT2D eigenvalue weighted by molar-refractivity contribution is 7.91. The summed E-state index contributed by atoms with van der Waals surface area (Å²) in [6.07, 6.45) is -4.54. The predicted molar refractivity (Wildman–Crippen MR) is 76.1 cm³/mol. The van der Waals surface area contributed by atoms with E-state index in [1.807, 2.05) is 0 Å². The molecular weight excluding hydrogens is 335 g/mol. The van der Waals surface area contributed by atoms with Crippen LogP contribution in [0, 0.1) is 0 Å². The monoisotopic (exact) mass is 349 g/mol. The van der Waals surface area contributed by atoms with Gasteiger partial charge in [0.15, 0.2) is 0 Å². The van der Waals surface area contributed by atoms with Crippen molar-refractivity contribution in [2.24, 2.45) is 0 Å². The lowest BCUT2D eigenvalue weighted by Gasteiger charge is -2.09. The number of hydrogen-bond acceptors (Lipinski definition) is 5. The summed E-state index contributed by atoms with van der Waals surface area (Å²) in [6, 6.07) is 3.78. The minimum atomic E-state index is -4.54. The average molecular weight is 349 g/mol. The largest absolute Gasteiger partial charge is 0.416 e. The molecule has 2 rings (SSSR count). The van der Waals surface area contributed by atoms with Gasteiger partial charge in [0.05, 0.1) is 11.3 Å². The Morgan fingerprint density at radius 1 is 1.26 bits per heavy atom. The number of nitrogens with zero attached hydrogens (tertiary/aromatic N) is 2. The number of nitrogens with one attached hydrogen (secondary N) is 1. The second-order valence-electron chi connectivity index (χ2n) is 5.16. The molecule has 0 fully saturated rings. The molecule has 6 nitrogen and oxygen atoms in total. The van der Waals surface area contributed by atoms with E-state index in [1.165, 1.54) is 6.07 Å². The first-order valence-electron chi connectivity index (χ1n) is 6.57. The van der Waals surface area contributed by atoms with Crippen LogP contribution in [0.2, 0.25) is 0 Å². The fourth-order valence-electron chi connectivity index (χ4n) is 1.74. The molecule has 23 heavy (non-hydrogen) atoms. The molecule has 0 unspecified atom stereocenters. The molecule has 0 atom stereocenters. The summed E-state index contributed by atoms with van der Waals surface area (Å²) < 4.78 is 69.0. The smallest absolute Gasteiger partial charge is 0.407 e. The number of benzene rings is 1. The Kier molecular flexibility index (Phi) is 4.64. The molecule has 0 bridgehead atoms. The third-order valence-electron chi connectivity index (χ3n) is 2.79. The van der Waals surface area contributed by atoms with Gasteiger partial charge in [0.2, 0.25) is 15.9 Å². The van der Waals surface area contributed by atoms with Crippen LogP contribution in [-0.4, -0.2) is 18.6 Å². The highest BCUT2D eigenvalue weighted by Gasteiger charge is 2.30. The van der Waals surface area contributed by atoms with Gasteiger partial charge >= 0.3 is 12.2 Å².